The van der Waals surface area contributed by atoms with Gasteiger partial charge in [-0.05, 0) is 32.8 Å². The molecule has 1 aromatic heterocycles. The third-order valence-electron chi connectivity index (χ3n) is 6.44. The molecular formula is C22H34N4O2. The summed E-state index contributed by atoms with van der Waals surface area (Å²) in [6, 6.07) is 6.10. The van der Waals surface area contributed by atoms with E-state index in [4.69, 9.17) is 9.47 Å². The SMILES string of the molecule is CN=C(NCCCc1cc2c(OC)cc(OC)cc2[nH]1)N1CC(C)(C)C1(C)C. The zero-order chi connectivity index (χ0) is 20.5. The molecule has 1 fully saturated rings. The van der Waals surface area contributed by atoms with Crippen LogP contribution in [0.15, 0.2) is 23.2 Å². The number of H-pyrrole nitrogens is 1. The van der Waals surface area contributed by atoms with Crippen LogP contribution in [0.3, 0.4) is 0 Å². The van der Waals surface area contributed by atoms with E-state index in [-0.39, 0.29) is 5.54 Å². The first-order valence-corrected chi connectivity index (χ1v) is 9.95. The molecular weight excluding hydrogens is 352 g/mol. The van der Waals surface area contributed by atoms with E-state index in [0.29, 0.717) is 5.41 Å². The number of benzene rings is 1. The van der Waals surface area contributed by atoms with Crippen molar-refractivity contribution in [2.45, 2.75) is 46.1 Å². The highest BCUT2D eigenvalue weighted by molar-refractivity contribution is 5.88. The molecule has 0 radical (unpaired) electrons. The quantitative estimate of drug-likeness (QED) is 0.450. The van der Waals surface area contributed by atoms with Gasteiger partial charge in [0.2, 0.25) is 0 Å². The van der Waals surface area contributed by atoms with Crippen LogP contribution < -0.4 is 14.8 Å². The Morgan fingerprint density at radius 2 is 1.93 bits per heavy atom. The first-order valence-electron chi connectivity index (χ1n) is 9.95. The van der Waals surface area contributed by atoms with Gasteiger partial charge in [0.15, 0.2) is 5.96 Å². The number of guanidine groups is 1. The van der Waals surface area contributed by atoms with Crippen molar-refractivity contribution in [1.29, 1.82) is 0 Å². The van der Waals surface area contributed by atoms with Gasteiger partial charge in [0, 0.05) is 54.3 Å². The molecule has 0 saturated carbocycles. The molecule has 2 aromatic rings. The fraction of sp³-hybridized carbons (Fsp3) is 0.591. The second-order valence-electron chi connectivity index (χ2n) is 8.69. The number of aromatic nitrogens is 1. The lowest BCUT2D eigenvalue weighted by Crippen LogP contribution is -2.72. The Bertz CT molecular complexity index is 867. The molecule has 1 saturated heterocycles. The van der Waals surface area contributed by atoms with E-state index in [1.807, 2.05) is 19.2 Å². The Labute approximate surface area is 168 Å². The number of aromatic amines is 1. The van der Waals surface area contributed by atoms with E-state index < -0.39 is 0 Å². The summed E-state index contributed by atoms with van der Waals surface area (Å²) in [7, 11) is 5.22. The molecule has 2 N–H and O–H groups in total. The van der Waals surface area contributed by atoms with Crippen LogP contribution in [0, 0.1) is 5.41 Å². The first-order chi connectivity index (χ1) is 13.2. The lowest BCUT2D eigenvalue weighted by Gasteiger charge is -2.62. The molecule has 28 heavy (non-hydrogen) atoms. The lowest BCUT2D eigenvalue weighted by atomic mass is 9.65. The van der Waals surface area contributed by atoms with Crippen LogP contribution in [-0.4, -0.2) is 55.7 Å². The molecule has 0 unspecified atom stereocenters. The number of fused-ring (bicyclic) bond motifs is 1. The van der Waals surface area contributed by atoms with Crippen molar-refractivity contribution in [3.05, 3.63) is 23.9 Å². The van der Waals surface area contributed by atoms with Crippen LogP contribution in [0.1, 0.15) is 39.8 Å². The van der Waals surface area contributed by atoms with Gasteiger partial charge < -0.3 is 24.7 Å². The van der Waals surface area contributed by atoms with Crippen LogP contribution >= 0.6 is 0 Å². The number of hydrogen-bond acceptors (Lipinski definition) is 3. The van der Waals surface area contributed by atoms with Crippen LogP contribution in [0.2, 0.25) is 0 Å². The molecule has 3 rings (SSSR count). The van der Waals surface area contributed by atoms with Gasteiger partial charge in [-0.2, -0.15) is 0 Å². The van der Waals surface area contributed by atoms with Gasteiger partial charge in [-0.1, -0.05) is 13.8 Å². The van der Waals surface area contributed by atoms with E-state index in [2.05, 4.69) is 54.0 Å². The first kappa shape index (κ1) is 20.4. The number of aliphatic imine (C=N–C) groups is 1. The summed E-state index contributed by atoms with van der Waals surface area (Å²) in [4.78, 5) is 10.3. The molecule has 154 valence electrons. The number of nitrogens with one attached hydrogen (secondary N) is 2. The monoisotopic (exact) mass is 386 g/mol. The summed E-state index contributed by atoms with van der Waals surface area (Å²) in [5.41, 5.74) is 2.65. The minimum Gasteiger partial charge on any atom is -0.497 e. The Kier molecular flexibility index (Phi) is 5.50. The minimum atomic E-state index is 0.113. The molecule has 1 aliphatic rings. The highest BCUT2D eigenvalue weighted by atomic mass is 16.5. The third kappa shape index (κ3) is 3.52. The maximum atomic E-state index is 5.50. The highest BCUT2D eigenvalue weighted by Crippen LogP contribution is 2.46. The number of aryl methyl sites for hydroxylation is 1. The normalized spacial score (nSPS) is 18.1. The maximum Gasteiger partial charge on any atom is 0.194 e. The van der Waals surface area contributed by atoms with Gasteiger partial charge >= 0.3 is 0 Å². The van der Waals surface area contributed by atoms with Gasteiger partial charge in [-0.3, -0.25) is 4.99 Å². The van der Waals surface area contributed by atoms with Crippen molar-refractivity contribution < 1.29 is 9.47 Å². The number of rotatable bonds is 6. The Hall–Kier alpha value is -2.37. The minimum absolute atomic E-state index is 0.113. The van der Waals surface area contributed by atoms with Gasteiger partial charge in [0.25, 0.3) is 0 Å². The molecule has 0 bridgehead atoms. The Morgan fingerprint density at radius 3 is 2.50 bits per heavy atom. The summed E-state index contributed by atoms with van der Waals surface area (Å²) in [5.74, 6) is 2.62. The second-order valence-corrected chi connectivity index (χ2v) is 8.69. The molecule has 6 nitrogen and oxygen atoms in total. The van der Waals surface area contributed by atoms with Crippen molar-refractivity contribution >= 4 is 16.9 Å². The fourth-order valence-corrected chi connectivity index (χ4v) is 3.83. The summed E-state index contributed by atoms with van der Waals surface area (Å²) >= 11 is 0. The van der Waals surface area contributed by atoms with Crippen molar-refractivity contribution in [1.82, 2.24) is 15.2 Å². The molecule has 0 amide bonds. The second kappa shape index (κ2) is 7.57. The van der Waals surface area contributed by atoms with E-state index in [1.54, 1.807) is 14.2 Å². The van der Waals surface area contributed by atoms with Gasteiger partial charge in [-0.15, -0.1) is 0 Å². The van der Waals surface area contributed by atoms with Gasteiger partial charge in [-0.25, -0.2) is 0 Å². The molecule has 6 heteroatoms. The van der Waals surface area contributed by atoms with Crippen molar-refractivity contribution in [3.8, 4) is 11.5 Å². The van der Waals surface area contributed by atoms with Gasteiger partial charge in [0.1, 0.15) is 11.5 Å². The number of hydrogen-bond donors (Lipinski definition) is 2. The van der Waals surface area contributed by atoms with Crippen LogP contribution in [0.4, 0.5) is 0 Å². The molecule has 0 spiro atoms. The largest absolute Gasteiger partial charge is 0.497 e. The van der Waals surface area contributed by atoms with Gasteiger partial charge in [0.05, 0.1) is 19.7 Å². The molecule has 0 atom stereocenters. The van der Waals surface area contributed by atoms with Crippen molar-refractivity contribution in [2.24, 2.45) is 10.4 Å². The zero-order valence-electron chi connectivity index (χ0n) is 18.3. The topological polar surface area (TPSA) is 61.9 Å². The fourth-order valence-electron chi connectivity index (χ4n) is 3.83. The lowest BCUT2D eigenvalue weighted by molar-refractivity contribution is -0.0667. The average molecular weight is 387 g/mol. The molecule has 2 heterocycles. The van der Waals surface area contributed by atoms with E-state index in [1.165, 1.54) is 5.69 Å². The summed E-state index contributed by atoms with van der Waals surface area (Å²) in [5, 5.41) is 4.62. The number of likely N-dealkylation sites (tertiary alicyclic amines) is 1. The average Bonchev–Trinajstić information content (AvgIpc) is 3.08. The maximum absolute atomic E-state index is 5.50. The zero-order valence-corrected chi connectivity index (χ0v) is 18.3. The Morgan fingerprint density at radius 1 is 1.18 bits per heavy atom. The van der Waals surface area contributed by atoms with E-state index in [0.717, 1.165) is 54.3 Å². The predicted octanol–water partition coefficient (Wildman–Crippen LogP) is 3.81. The third-order valence-corrected chi connectivity index (χ3v) is 6.44. The molecule has 1 aromatic carbocycles. The van der Waals surface area contributed by atoms with Crippen LogP contribution in [0.25, 0.3) is 10.9 Å². The molecule has 0 aliphatic carbocycles. The standard InChI is InChI=1S/C22H34N4O2/c1-21(2)14-26(22(21,3)4)20(23-5)24-10-8-9-15-11-17-18(25-15)12-16(27-6)13-19(17)28-7/h11-13,25H,8-10,14H2,1-7H3,(H,23,24). The Balaban J connectivity index is 1.58. The van der Waals surface area contributed by atoms with Crippen LogP contribution in [-0.2, 0) is 6.42 Å². The number of methoxy groups -OCH3 is 2. The van der Waals surface area contributed by atoms with Crippen molar-refractivity contribution in [2.75, 3.05) is 34.4 Å². The van der Waals surface area contributed by atoms with Crippen molar-refractivity contribution in [3.63, 3.8) is 0 Å². The smallest absolute Gasteiger partial charge is 0.194 e. The van der Waals surface area contributed by atoms with E-state index >= 15 is 0 Å². The molecule has 1 aliphatic heterocycles. The van der Waals surface area contributed by atoms with E-state index in [9.17, 15) is 0 Å². The number of nitrogens with zero attached hydrogens (tertiary/aromatic N) is 2. The number of ether oxygens (including phenoxy) is 2. The summed E-state index contributed by atoms with van der Waals surface area (Å²) in [6.07, 6.45) is 1.97. The summed E-state index contributed by atoms with van der Waals surface area (Å²) in [6.45, 7) is 11.1. The van der Waals surface area contributed by atoms with Crippen LogP contribution in [0.5, 0.6) is 11.5 Å². The highest BCUT2D eigenvalue weighted by Gasteiger charge is 2.53. The predicted molar refractivity (Wildman–Crippen MR) is 116 cm³/mol. The summed E-state index contributed by atoms with van der Waals surface area (Å²) < 4.78 is 10.9.